The number of nitrogens with zero attached hydrogens (tertiary/aromatic N) is 1. The van der Waals surface area contributed by atoms with Crippen LogP contribution in [0.4, 0.5) is 0 Å². The van der Waals surface area contributed by atoms with E-state index in [0.717, 1.165) is 34.1 Å². The number of nitrogens with one attached hydrogen (secondary N) is 1. The third-order valence-electron chi connectivity index (χ3n) is 2.71. The maximum Gasteiger partial charge on any atom is 0.231 e. The van der Waals surface area contributed by atoms with Crippen LogP contribution < -0.4 is 9.47 Å². The average Bonchev–Trinajstić information content (AvgIpc) is 2.84. The quantitative estimate of drug-likeness (QED) is 0.796. The third-order valence-corrected chi connectivity index (χ3v) is 2.71. The Morgan fingerprint density at radius 3 is 2.62 bits per heavy atom. The number of fused-ring (bicyclic) bond motifs is 1. The summed E-state index contributed by atoms with van der Waals surface area (Å²) in [5, 5.41) is 0. The summed E-state index contributed by atoms with van der Waals surface area (Å²) in [5.41, 5.74) is 3.26. The molecule has 2 heterocycles. The molecule has 0 radical (unpaired) electrons. The highest BCUT2D eigenvalue weighted by molar-refractivity contribution is 5.68. The normalized spacial score (nSPS) is 13.1. The van der Waals surface area contributed by atoms with Crippen molar-refractivity contribution in [2.24, 2.45) is 0 Å². The van der Waals surface area contributed by atoms with Crippen molar-refractivity contribution >= 4 is 0 Å². The van der Waals surface area contributed by atoms with Gasteiger partial charge >= 0.3 is 0 Å². The fourth-order valence-electron chi connectivity index (χ4n) is 1.89. The van der Waals surface area contributed by atoms with Crippen LogP contribution in [-0.4, -0.2) is 16.8 Å². The van der Waals surface area contributed by atoms with Crippen molar-refractivity contribution in [2.75, 3.05) is 6.79 Å². The van der Waals surface area contributed by atoms with Crippen molar-refractivity contribution in [3.05, 3.63) is 29.7 Å². The zero-order valence-corrected chi connectivity index (χ0v) is 9.20. The molecule has 0 atom stereocenters. The van der Waals surface area contributed by atoms with E-state index in [4.69, 9.17) is 9.47 Å². The number of benzene rings is 1. The van der Waals surface area contributed by atoms with Crippen LogP contribution in [0.25, 0.3) is 11.3 Å². The molecule has 0 saturated carbocycles. The minimum absolute atomic E-state index is 0.306. The molecular formula is C12H12N2O2. The van der Waals surface area contributed by atoms with Crippen molar-refractivity contribution < 1.29 is 9.47 Å². The molecule has 0 fully saturated rings. The summed E-state index contributed by atoms with van der Waals surface area (Å²) in [4.78, 5) is 7.42. The molecule has 0 saturated heterocycles. The Kier molecular flexibility index (Phi) is 1.89. The van der Waals surface area contributed by atoms with Gasteiger partial charge in [0.25, 0.3) is 0 Å². The van der Waals surface area contributed by atoms with Gasteiger partial charge in [0.1, 0.15) is 5.82 Å². The lowest BCUT2D eigenvalue weighted by Crippen LogP contribution is -1.92. The van der Waals surface area contributed by atoms with Crippen molar-refractivity contribution in [1.82, 2.24) is 9.97 Å². The first-order valence-electron chi connectivity index (χ1n) is 5.16. The number of H-pyrrole nitrogens is 1. The number of hydrogen-bond acceptors (Lipinski definition) is 3. The molecule has 4 nitrogen and oxygen atoms in total. The zero-order chi connectivity index (χ0) is 11.1. The first-order chi connectivity index (χ1) is 7.74. The van der Waals surface area contributed by atoms with E-state index in [2.05, 4.69) is 9.97 Å². The second-order valence-electron chi connectivity index (χ2n) is 3.90. The number of aromatic nitrogens is 2. The minimum Gasteiger partial charge on any atom is -0.454 e. The average molecular weight is 216 g/mol. The molecule has 82 valence electrons. The van der Waals surface area contributed by atoms with Gasteiger partial charge in [-0.1, -0.05) is 0 Å². The summed E-state index contributed by atoms with van der Waals surface area (Å²) in [6.07, 6.45) is 1.83. The SMILES string of the molecule is Cc1ncc(-c2cc3c(cc2C)OCO3)[nH]1. The van der Waals surface area contributed by atoms with Gasteiger partial charge in [0, 0.05) is 5.56 Å². The first kappa shape index (κ1) is 9.27. The van der Waals surface area contributed by atoms with Gasteiger partial charge in [0.05, 0.1) is 11.9 Å². The molecular weight excluding hydrogens is 204 g/mol. The van der Waals surface area contributed by atoms with Gasteiger partial charge in [-0.2, -0.15) is 0 Å². The third kappa shape index (κ3) is 1.34. The minimum atomic E-state index is 0.306. The Morgan fingerprint density at radius 1 is 1.19 bits per heavy atom. The van der Waals surface area contributed by atoms with Crippen LogP contribution in [0.15, 0.2) is 18.3 Å². The number of aromatic amines is 1. The Morgan fingerprint density at radius 2 is 1.94 bits per heavy atom. The smallest absolute Gasteiger partial charge is 0.231 e. The van der Waals surface area contributed by atoms with E-state index >= 15 is 0 Å². The highest BCUT2D eigenvalue weighted by atomic mass is 16.7. The number of imidazole rings is 1. The van der Waals surface area contributed by atoms with Gasteiger partial charge in [-0.05, 0) is 31.5 Å². The summed E-state index contributed by atoms with van der Waals surface area (Å²) < 4.78 is 10.7. The molecule has 0 spiro atoms. The summed E-state index contributed by atoms with van der Waals surface area (Å²) >= 11 is 0. The van der Waals surface area contributed by atoms with Crippen molar-refractivity contribution in [3.8, 4) is 22.8 Å². The van der Waals surface area contributed by atoms with E-state index in [9.17, 15) is 0 Å². The maximum atomic E-state index is 5.37. The Balaban J connectivity index is 2.14. The molecule has 1 aliphatic heterocycles. The van der Waals surface area contributed by atoms with Crippen LogP contribution >= 0.6 is 0 Å². The van der Waals surface area contributed by atoms with E-state index < -0.39 is 0 Å². The molecule has 1 aromatic heterocycles. The number of ether oxygens (including phenoxy) is 2. The highest BCUT2D eigenvalue weighted by Gasteiger charge is 2.16. The van der Waals surface area contributed by atoms with Gasteiger partial charge in [0.15, 0.2) is 11.5 Å². The van der Waals surface area contributed by atoms with E-state index in [1.807, 2.05) is 32.2 Å². The van der Waals surface area contributed by atoms with E-state index in [1.165, 1.54) is 0 Å². The summed E-state index contributed by atoms with van der Waals surface area (Å²) in [5.74, 6) is 2.53. The molecule has 1 aliphatic rings. The van der Waals surface area contributed by atoms with Crippen LogP contribution in [-0.2, 0) is 0 Å². The predicted octanol–water partition coefficient (Wildman–Crippen LogP) is 2.42. The lowest BCUT2D eigenvalue weighted by Gasteiger charge is -2.05. The van der Waals surface area contributed by atoms with Crippen LogP contribution in [0, 0.1) is 13.8 Å². The van der Waals surface area contributed by atoms with Crippen LogP contribution in [0.2, 0.25) is 0 Å². The Bertz CT molecular complexity index is 546. The molecule has 1 aromatic carbocycles. The van der Waals surface area contributed by atoms with Gasteiger partial charge < -0.3 is 14.5 Å². The molecule has 4 heteroatoms. The molecule has 3 rings (SSSR count). The summed E-state index contributed by atoms with van der Waals surface area (Å²) in [6, 6.07) is 3.98. The van der Waals surface area contributed by atoms with Crippen LogP contribution in [0.3, 0.4) is 0 Å². The molecule has 16 heavy (non-hydrogen) atoms. The number of hydrogen-bond donors (Lipinski definition) is 1. The van der Waals surface area contributed by atoms with E-state index in [-0.39, 0.29) is 0 Å². The number of rotatable bonds is 1. The van der Waals surface area contributed by atoms with Gasteiger partial charge in [-0.25, -0.2) is 4.98 Å². The van der Waals surface area contributed by atoms with Crippen molar-refractivity contribution in [2.45, 2.75) is 13.8 Å². The maximum absolute atomic E-state index is 5.37. The second kappa shape index (κ2) is 3.27. The zero-order valence-electron chi connectivity index (χ0n) is 9.20. The van der Waals surface area contributed by atoms with E-state index in [0.29, 0.717) is 6.79 Å². The topological polar surface area (TPSA) is 47.1 Å². The highest BCUT2D eigenvalue weighted by Crippen LogP contribution is 2.37. The molecule has 0 aliphatic carbocycles. The largest absolute Gasteiger partial charge is 0.454 e. The van der Waals surface area contributed by atoms with Crippen molar-refractivity contribution in [3.63, 3.8) is 0 Å². The standard InChI is InChI=1S/C12H12N2O2/c1-7-3-11-12(16-6-15-11)4-9(7)10-5-13-8(2)14-10/h3-5H,6H2,1-2H3,(H,13,14). The van der Waals surface area contributed by atoms with E-state index in [1.54, 1.807) is 0 Å². The fourth-order valence-corrected chi connectivity index (χ4v) is 1.89. The molecule has 0 unspecified atom stereocenters. The van der Waals surface area contributed by atoms with Crippen LogP contribution in [0.1, 0.15) is 11.4 Å². The lowest BCUT2D eigenvalue weighted by molar-refractivity contribution is 0.174. The Labute approximate surface area is 93.2 Å². The summed E-state index contributed by atoms with van der Waals surface area (Å²) in [6.45, 7) is 4.29. The summed E-state index contributed by atoms with van der Waals surface area (Å²) in [7, 11) is 0. The monoisotopic (exact) mass is 216 g/mol. The van der Waals surface area contributed by atoms with Crippen molar-refractivity contribution in [1.29, 1.82) is 0 Å². The van der Waals surface area contributed by atoms with Gasteiger partial charge in [-0.3, -0.25) is 0 Å². The first-order valence-corrected chi connectivity index (χ1v) is 5.16. The second-order valence-corrected chi connectivity index (χ2v) is 3.90. The van der Waals surface area contributed by atoms with Crippen LogP contribution in [0.5, 0.6) is 11.5 Å². The fraction of sp³-hybridized carbons (Fsp3) is 0.250. The lowest BCUT2D eigenvalue weighted by atomic mass is 10.1. The van der Waals surface area contributed by atoms with Gasteiger partial charge in [0.2, 0.25) is 6.79 Å². The predicted molar refractivity (Wildman–Crippen MR) is 59.6 cm³/mol. The molecule has 0 amide bonds. The van der Waals surface area contributed by atoms with Gasteiger partial charge in [-0.15, -0.1) is 0 Å². The molecule has 2 aromatic rings. The number of aryl methyl sites for hydroxylation is 2. The Hall–Kier alpha value is -1.97. The molecule has 0 bridgehead atoms. The molecule has 1 N–H and O–H groups in total.